The summed E-state index contributed by atoms with van der Waals surface area (Å²) in [5, 5.41) is 10.8. The van der Waals surface area contributed by atoms with Crippen LogP contribution in [-0.4, -0.2) is 63.1 Å². The SMILES string of the molecule is O=C1CCCN1CCCNc1nc(NCCOc2ccccc2)c2ncn(-c3ccsc3)c2n1. The van der Waals surface area contributed by atoms with E-state index in [1.807, 2.05) is 51.2 Å². The van der Waals surface area contributed by atoms with E-state index in [2.05, 4.69) is 26.0 Å². The van der Waals surface area contributed by atoms with E-state index in [0.717, 1.165) is 43.0 Å². The summed E-state index contributed by atoms with van der Waals surface area (Å²) in [6.07, 6.45) is 4.24. The Kier molecular flexibility index (Phi) is 6.85. The molecule has 0 aliphatic carbocycles. The van der Waals surface area contributed by atoms with E-state index in [4.69, 9.17) is 9.72 Å². The van der Waals surface area contributed by atoms with Gasteiger partial charge in [-0.3, -0.25) is 9.36 Å². The number of rotatable bonds is 11. The van der Waals surface area contributed by atoms with Crippen LogP contribution in [0, 0.1) is 0 Å². The summed E-state index contributed by atoms with van der Waals surface area (Å²) in [5.74, 6) is 2.27. The van der Waals surface area contributed by atoms with E-state index in [9.17, 15) is 4.79 Å². The number of fused-ring (bicyclic) bond motifs is 1. The first-order chi connectivity index (χ1) is 16.8. The van der Waals surface area contributed by atoms with Crippen molar-refractivity contribution >= 4 is 40.2 Å². The van der Waals surface area contributed by atoms with Crippen molar-refractivity contribution in [2.75, 3.05) is 43.4 Å². The van der Waals surface area contributed by atoms with Crippen LogP contribution < -0.4 is 15.4 Å². The van der Waals surface area contributed by atoms with E-state index in [-0.39, 0.29) is 5.91 Å². The van der Waals surface area contributed by atoms with Crippen molar-refractivity contribution in [1.82, 2.24) is 24.4 Å². The molecule has 10 heteroatoms. The number of imidazole rings is 1. The van der Waals surface area contributed by atoms with Crippen molar-refractivity contribution in [2.24, 2.45) is 0 Å². The van der Waals surface area contributed by atoms with Crippen molar-refractivity contribution in [3.8, 4) is 11.4 Å². The highest BCUT2D eigenvalue weighted by Gasteiger charge is 2.19. The molecule has 9 nitrogen and oxygen atoms in total. The molecule has 34 heavy (non-hydrogen) atoms. The number of hydrogen-bond donors (Lipinski definition) is 2. The number of likely N-dealkylation sites (tertiary alicyclic amines) is 1. The Hall–Kier alpha value is -3.66. The predicted molar refractivity (Wildman–Crippen MR) is 134 cm³/mol. The van der Waals surface area contributed by atoms with Crippen LogP contribution in [0.15, 0.2) is 53.5 Å². The fourth-order valence-corrected chi connectivity index (χ4v) is 4.58. The first kappa shape index (κ1) is 22.1. The molecule has 0 spiro atoms. The highest BCUT2D eigenvalue weighted by molar-refractivity contribution is 7.08. The smallest absolute Gasteiger partial charge is 0.226 e. The molecule has 2 N–H and O–H groups in total. The van der Waals surface area contributed by atoms with E-state index in [1.165, 1.54) is 0 Å². The fourth-order valence-electron chi connectivity index (χ4n) is 3.95. The van der Waals surface area contributed by atoms with Gasteiger partial charge < -0.3 is 20.3 Å². The molecule has 1 fully saturated rings. The Balaban J connectivity index is 1.28. The third-order valence-electron chi connectivity index (χ3n) is 5.65. The Bertz CT molecular complexity index is 1230. The van der Waals surface area contributed by atoms with Crippen LogP contribution in [0.2, 0.25) is 0 Å². The molecular formula is C24H27N7O2S. The molecule has 1 aliphatic rings. The lowest BCUT2D eigenvalue weighted by molar-refractivity contribution is -0.127. The number of benzene rings is 1. The minimum atomic E-state index is 0.251. The highest BCUT2D eigenvalue weighted by Crippen LogP contribution is 2.24. The molecule has 0 radical (unpaired) electrons. The second-order valence-electron chi connectivity index (χ2n) is 8.02. The third-order valence-corrected chi connectivity index (χ3v) is 6.32. The molecule has 0 bridgehead atoms. The molecule has 5 rings (SSSR count). The molecule has 4 heterocycles. The maximum absolute atomic E-state index is 11.8. The van der Waals surface area contributed by atoms with Gasteiger partial charge in [0.2, 0.25) is 11.9 Å². The molecule has 0 atom stereocenters. The summed E-state index contributed by atoms with van der Waals surface area (Å²) in [6, 6.07) is 11.8. The molecule has 1 saturated heterocycles. The third kappa shape index (κ3) is 5.12. The summed E-state index contributed by atoms with van der Waals surface area (Å²) in [5.41, 5.74) is 2.46. The van der Waals surface area contributed by atoms with Gasteiger partial charge in [0.1, 0.15) is 18.7 Å². The maximum atomic E-state index is 11.8. The van der Waals surface area contributed by atoms with Crippen LogP contribution in [-0.2, 0) is 4.79 Å². The first-order valence-electron chi connectivity index (χ1n) is 11.5. The van der Waals surface area contributed by atoms with Crippen molar-refractivity contribution in [3.05, 3.63) is 53.5 Å². The van der Waals surface area contributed by atoms with Crippen molar-refractivity contribution in [1.29, 1.82) is 0 Å². The maximum Gasteiger partial charge on any atom is 0.226 e. The number of carbonyl (C=O) groups excluding carboxylic acids is 1. The monoisotopic (exact) mass is 477 g/mol. The van der Waals surface area contributed by atoms with E-state index < -0.39 is 0 Å². The van der Waals surface area contributed by atoms with Crippen LogP contribution in [0.4, 0.5) is 11.8 Å². The van der Waals surface area contributed by atoms with Crippen LogP contribution in [0.5, 0.6) is 5.75 Å². The zero-order chi connectivity index (χ0) is 23.2. The quantitative estimate of drug-likeness (QED) is 0.317. The van der Waals surface area contributed by atoms with Crippen LogP contribution in [0.25, 0.3) is 16.9 Å². The summed E-state index contributed by atoms with van der Waals surface area (Å²) in [4.78, 5) is 27.7. The van der Waals surface area contributed by atoms with Crippen LogP contribution in [0.1, 0.15) is 19.3 Å². The number of nitrogens with one attached hydrogen (secondary N) is 2. The number of amides is 1. The summed E-state index contributed by atoms with van der Waals surface area (Å²) < 4.78 is 7.76. The normalized spacial score (nSPS) is 13.5. The average Bonchev–Trinajstić information content (AvgIpc) is 3.61. The molecule has 0 saturated carbocycles. The van der Waals surface area contributed by atoms with E-state index >= 15 is 0 Å². The van der Waals surface area contributed by atoms with Gasteiger partial charge in [-0.25, -0.2) is 4.98 Å². The standard InChI is InChI=1S/C24H27N7O2S/c32-20-8-4-12-30(20)13-5-10-26-24-28-22(25-11-14-33-19-6-2-1-3-7-19)21-23(29-24)31(17-27-21)18-9-15-34-16-18/h1-3,6-7,9,15-17H,4-5,8,10-14H2,(H2,25,26,28,29). The first-order valence-corrected chi connectivity index (χ1v) is 12.4. The van der Waals surface area contributed by atoms with Gasteiger partial charge in [-0.1, -0.05) is 18.2 Å². The lowest BCUT2D eigenvalue weighted by Crippen LogP contribution is -2.27. The van der Waals surface area contributed by atoms with Crippen molar-refractivity contribution in [2.45, 2.75) is 19.3 Å². The molecule has 1 amide bonds. The lowest BCUT2D eigenvalue weighted by atomic mass is 10.3. The minimum absolute atomic E-state index is 0.251. The molecule has 1 aliphatic heterocycles. The second-order valence-corrected chi connectivity index (χ2v) is 8.80. The number of carbonyl (C=O) groups is 1. The topological polar surface area (TPSA) is 97.2 Å². The average molecular weight is 478 g/mol. The van der Waals surface area contributed by atoms with Gasteiger partial charge in [-0.2, -0.15) is 21.3 Å². The molecule has 176 valence electrons. The van der Waals surface area contributed by atoms with Gasteiger partial charge in [0.05, 0.1) is 12.2 Å². The van der Waals surface area contributed by atoms with E-state index in [1.54, 1.807) is 17.7 Å². The summed E-state index contributed by atoms with van der Waals surface area (Å²) in [6.45, 7) is 3.36. The van der Waals surface area contributed by atoms with Crippen LogP contribution >= 0.6 is 11.3 Å². The van der Waals surface area contributed by atoms with Gasteiger partial charge in [0.25, 0.3) is 0 Å². The second kappa shape index (κ2) is 10.5. The number of aromatic nitrogens is 4. The van der Waals surface area contributed by atoms with Crippen molar-refractivity contribution < 1.29 is 9.53 Å². The molecule has 4 aromatic rings. The van der Waals surface area contributed by atoms with Gasteiger partial charge in [-0.15, -0.1) is 0 Å². The van der Waals surface area contributed by atoms with Gasteiger partial charge in [-0.05, 0) is 36.4 Å². The zero-order valence-electron chi connectivity index (χ0n) is 18.8. The van der Waals surface area contributed by atoms with Gasteiger partial charge >= 0.3 is 0 Å². The Morgan fingerprint density at radius 2 is 2.00 bits per heavy atom. The number of thiophene rings is 1. The largest absolute Gasteiger partial charge is 0.492 e. The van der Waals surface area contributed by atoms with Gasteiger partial charge in [0, 0.05) is 31.4 Å². The van der Waals surface area contributed by atoms with Crippen molar-refractivity contribution in [3.63, 3.8) is 0 Å². The molecular weight excluding hydrogens is 450 g/mol. The summed E-state index contributed by atoms with van der Waals surface area (Å²) in [7, 11) is 0. The Morgan fingerprint density at radius 1 is 1.09 bits per heavy atom. The predicted octanol–water partition coefficient (Wildman–Crippen LogP) is 3.79. The highest BCUT2D eigenvalue weighted by atomic mass is 32.1. The van der Waals surface area contributed by atoms with Crippen LogP contribution in [0.3, 0.4) is 0 Å². The number of para-hydroxylation sites is 1. The fraction of sp³-hybridized carbons (Fsp3) is 0.333. The molecule has 3 aromatic heterocycles. The zero-order valence-corrected chi connectivity index (χ0v) is 19.6. The summed E-state index contributed by atoms with van der Waals surface area (Å²) >= 11 is 1.63. The number of anilines is 2. The molecule has 0 unspecified atom stereocenters. The Morgan fingerprint density at radius 3 is 2.79 bits per heavy atom. The lowest BCUT2D eigenvalue weighted by Gasteiger charge is -2.15. The van der Waals surface area contributed by atoms with E-state index in [0.29, 0.717) is 43.4 Å². The van der Waals surface area contributed by atoms with Gasteiger partial charge in [0.15, 0.2) is 17.0 Å². The Labute approximate surface area is 201 Å². The number of nitrogens with zero attached hydrogens (tertiary/aromatic N) is 5. The number of ether oxygens (including phenoxy) is 1. The number of hydrogen-bond acceptors (Lipinski definition) is 8. The minimum Gasteiger partial charge on any atom is -0.492 e. The molecule has 1 aromatic carbocycles.